The monoisotopic (exact) mass is 277 g/mol. The zero-order valence-corrected chi connectivity index (χ0v) is 13.1. The van der Waals surface area contributed by atoms with Crippen LogP contribution in [0.2, 0.25) is 0 Å². The third-order valence-electron chi connectivity index (χ3n) is 4.05. The molecule has 1 nitrogen and oxygen atoms in total. The molecule has 1 N–H and O–H groups in total. The summed E-state index contributed by atoms with van der Waals surface area (Å²) in [5.41, 5.74) is 2.82. The minimum absolute atomic E-state index is 0.788. The Hall–Kier alpha value is -0.470. The van der Waals surface area contributed by atoms with E-state index in [1.165, 1.54) is 42.6 Å². The van der Waals surface area contributed by atoms with E-state index in [2.05, 4.69) is 43.4 Å². The lowest BCUT2D eigenvalue weighted by atomic mass is 9.87. The van der Waals surface area contributed by atoms with Gasteiger partial charge in [-0.05, 0) is 44.1 Å². The smallest absolute Gasteiger partial charge is 0.0185 e. The molecule has 0 saturated heterocycles. The van der Waals surface area contributed by atoms with Crippen LogP contribution in [0.15, 0.2) is 24.3 Å². The first-order valence-electron chi connectivity index (χ1n) is 7.60. The summed E-state index contributed by atoms with van der Waals surface area (Å²) < 4.78 is 0. The van der Waals surface area contributed by atoms with Crippen molar-refractivity contribution in [1.82, 2.24) is 5.32 Å². The van der Waals surface area contributed by atoms with Gasteiger partial charge >= 0.3 is 0 Å². The highest BCUT2D eigenvalue weighted by Gasteiger charge is 2.16. The lowest BCUT2D eigenvalue weighted by Gasteiger charge is -2.26. The van der Waals surface area contributed by atoms with Gasteiger partial charge in [-0.2, -0.15) is 11.8 Å². The molecular weight excluding hydrogens is 250 g/mol. The van der Waals surface area contributed by atoms with Crippen LogP contribution < -0.4 is 5.32 Å². The van der Waals surface area contributed by atoms with E-state index in [4.69, 9.17) is 0 Å². The number of nitrogens with one attached hydrogen (secondary N) is 1. The Labute approximate surface area is 122 Å². The van der Waals surface area contributed by atoms with Crippen LogP contribution in [0.25, 0.3) is 0 Å². The largest absolute Gasteiger partial charge is 0.313 e. The van der Waals surface area contributed by atoms with Crippen LogP contribution >= 0.6 is 11.8 Å². The average Bonchev–Trinajstić information content (AvgIpc) is 2.41. The topological polar surface area (TPSA) is 12.0 Å². The minimum atomic E-state index is 0.788. The number of hydrogen-bond donors (Lipinski definition) is 1. The standard InChI is InChI=1S/C17H27NS/c1-14-6-8-17(9-7-14)18-10-11-19-13-16-5-3-4-15(2)12-16/h3-5,12,14,17-18H,6-11,13H2,1-2H3. The summed E-state index contributed by atoms with van der Waals surface area (Å²) in [6.45, 7) is 5.71. The van der Waals surface area contributed by atoms with Crippen LogP contribution in [-0.4, -0.2) is 18.3 Å². The molecule has 1 aromatic carbocycles. The zero-order chi connectivity index (χ0) is 13.5. The van der Waals surface area contributed by atoms with Crippen LogP contribution in [-0.2, 0) is 5.75 Å². The molecule has 1 saturated carbocycles. The number of rotatable bonds is 6. The summed E-state index contributed by atoms with van der Waals surface area (Å²) in [6, 6.07) is 9.64. The molecule has 1 aromatic rings. The molecule has 1 fully saturated rings. The van der Waals surface area contributed by atoms with Gasteiger partial charge < -0.3 is 5.32 Å². The second-order valence-electron chi connectivity index (χ2n) is 5.95. The maximum atomic E-state index is 3.72. The SMILES string of the molecule is Cc1cccc(CSCCNC2CCC(C)CC2)c1. The Bertz CT molecular complexity index is 369. The molecule has 106 valence electrons. The van der Waals surface area contributed by atoms with Crippen molar-refractivity contribution in [3.8, 4) is 0 Å². The first kappa shape index (κ1) is 14.9. The number of hydrogen-bond acceptors (Lipinski definition) is 2. The van der Waals surface area contributed by atoms with Gasteiger partial charge in [-0.1, -0.05) is 36.8 Å². The highest BCUT2D eigenvalue weighted by molar-refractivity contribution is 7.98. The Morgan fingerprint density at radius 2 is 2.00 bits per heavy atom. The molecule has 2 rings (SSSR count). The van der Waals surface area contributed by atoms with Gasteiger partial charge in [-0.3, -0.25) is 0 Å². The van der Waals surface area contributed by atoms with Crippen LogP contribution in [0, 0.1) is 12.8 Å². The Balaban J connectivity index is 1.55. The molecule has 0 spiro atoms. The van der Waals surface area contributed by atoms with Crippen LogP contribution in [0.1, 0.15) is 43.7 Å². The summed E-state index contributed by atoms with van der Waals surface area (Å²) in [5, 5.41) is 3.72. The van der Waals surface area contributed by atoms with E-state index in [1.807, 2.05) is 11.8 Å². The molecule has 0 amide bonds. The Kier molecular flexibility index (Phi) is 6.25. The van der Waals surface area contributed by atoms with Gasteiger partial charge in [0.25, 0.3) is 0 Å². The second kappa shape index (κ2) is 7.96. The van der Waals surface area contributed by atoms with Gasteiger partial charge in [0.05, 0.1) is 0 Å². The van der Waals surface area contributed by atoms with Crippen molar-refractivity contribution in [2.24, 2.45) is 5.92 Å². The van der Waals surface area contributed by atoms with E-state index in [9.17, 15) is 0 Å². The summed E-state index contributed by atoms with van der Waals surface area (Å²) in [6.07, 6.45) is 5.58. The lowest BCUT2D eigenvalue weighted by Crippen LogP contribution is -2.34. The molecule has 19 heavy (non-hydrogen) atoms. The zero-order valence-electron chi connectivity index (χ0n) is 12.3. The Morgan fingerprint density at radius 3 is 2.74 bits per heavy atom. The minimum Gasteiger partial charge on any atom is -0.313 e. The van der Waals surface area contributed by atoms with Gasteiger partial charge in [0.1, 0.15) is 0 Å². The van der Waals surface area contributed by atoms with Crippen molar-refractivity contribution >= 4 is 11.8 Å². The van der Waals surface area contributed by atoms with Crippen LogP contribution in [0.4, 0.5) is 0 Å². The summed E-state index contributed by atoms with van der Waals surface area (Å²) in [5.74, 6) is 3.32. The molecule has 0 aromatic heterocycles. The fourth-order valence-electron chi connectivity index (χ4n) is 2.79. The maximum Gasteiger partial charge on any atom is 0.0185 e. The van der Waals surface area contributed by atoms with Crippen molar-refractivity contribution in [3.63, 3.8) is 0 Å². The van der Waals surface area contributed by atoms with Crippen LogP contribution in [0.3, 0.4) is 0 Å². The predicted molar refractivity (Wildman–Crippen MR) is 86.8 cm³/mol. The second-order valence-corrected chi connectivity index (χ2v) is 7.06. The molecule has 1 aliphatic carbocycles. The fourth-order valence-corrected chi connectivity index (χ4v) is 3.61. The molecule has 0 bridgehead atoms. The van der Waals surface area contributed by atoms with E-state index < -0.39 is 0 Å². The van der Waals surface area contributed by atoms with E-state index in [0.29, 0.717) is 0 Å². The molecule has 1 aliphatic rings. The summed E-state index contributed by atoms with van der Waals surface area (Å²) in [7, 11) is 0. The maximum absolute atomic E-state index is 3.72. The number of benzene rings is 1. The third-order valence-corrected chi connectivity index (χ3v) is 5.08. The van der Waals surface area contributed by atoms with E-state index in [0.717, 1.165) is 24.3 Å². The van der Waals surface area contributed by atoms with Crippen molar-refractivity contribution in [3.05, 3.63) is 35.4 Å². The normalized spacial score (nSPS) is 23.5. The highest BCUT2D eigenvalue weighted by atomic mass is 32.2. The molecular formula is C17H27NS. The molecule has 0 aliphatic heterocycles. The van der Waals surface area contributed by atoms with Crippen molar-refractivity contribution in [2.45, 2.75) is 51.3 Å². The van der Waals surface area contributed by atoms with E-state index >= 15 is 0 Å². The number of aryl methyl sites for hydroxylation is 1. The van der Waals surface area contributed by atoms with Crippen molar-refractivity contribution < 1.29 is 0 Å². The number of thioether (sulfide) groups is 1. The van der Waals surface area contributed by atoms with Gasteiger partial charge in [-0.15, -0.1) is 0 Å². The molecule has 2 heteroatoms. The molecule has 0 radical (unpaired) electrons. The predicted octanol–water partition coefficient (Wildman–Crippen LogP) is 4.40. The van der Waals surface area contributed by atoms with E-state index in [1.54, 1.807) is 0 Å². The summed E-state index contributed by atoms with van der Waals surface area (Å²) >= 11 is 2.04. The molecule has 0 atom stereocenters. The van der Waals surface area contributed by atoms with Gasteiger partial charge in [0.15, 0.2) is 0 Å². The molecule has 0 unspecified atom stereocenters. The lowest BCUT2D eigenvalue weighted by molar-refractivity contribution is 0.312. The van der Waals surface area contributed by atoms with Crippen molar-refractivity contribution in [2.75, 3.05) is 12.3 Å². The first-order chi connectivity index (χ1) is 9.24. The van der Waals surface area contributed by atoms with Crippen LogP contribution in [0.5, 0.6) is 0 Å². The molecule has 0 heterocycles. The van der Waals surface area contributed by atoms with Crippen molar-refractivity contribution in [1.29, 1.82) is 0 Å². The first-order valence-corrected chi connectivity index (χ1v) is 8.76. The highest BCUT2D eigenvalue weighted by Crippen LogP contribution is 2.23. The van der Waals surface area contributed by atoms with Gasteiger partial charge in [-0.25, -0.2) is 0 Å². The summed E-state index contributed by atoms with van der Waals surface area (Å²) in [4.78, 5) is 0. The third kappa shape index (κ3) is 5.58. The average molecular weight is 277 g/mol. The van der Waals surface area contributed by atoms with Gasteiger partial charge in [0.2, 0.25) is 0 Å². The van der Waals surface area contributed by atoms with Gasteiger partial charge in [0, 0.05) is 24.1 Å². The quantitative estimate of drug-likeness (QED) is 0.774. The fraction of sp³-hybridized carbons (Fsp3) is 0.647. The Morgan fingerprint density at radius 1 is 1.21 bits per heavy atom. The van der Waals surface area contributed by atoms with E-state index in [-0.39, 0.29) is 0 Å².